The first kappa shape index (κ1) is 25.2. The van der Waals surface area contributed by atoms with Gasteiger partial charge in [0.2, 0.25) is 0 Å². The third-order valence-electron chi connectivity index (χ3n) is 3.42. The number of ether oxygens (including phenoxy) is 1. The van der Waals surface area contributed by atoms with E-state index in [1.807, 2.05) is 0 Å². The van der Waals surface area contributed by atoms with Crippen LogP contribution >= 0.6 is 23.5 Å². The Labute approximate surface area is 165 Å². The average molecular weight is 500 g/mol. The Morgan fingerprint density at radius 1 is 1.23 bits per heavy atom. The number of nitrogen functional groups attached to an aromatic ring is 1. The summed E-state index contributed by atoms with van der Waals surface area (Å²) in [5.74, 6) is 3.40. The zero-order valence-corrected chi connectivity index (χ0v) is 17.1. The summed E-state index contributed by atoms with van der Waals surface area (Å²) in [6, 6.07) is 0. The zero-order valence-electron chi connectivity index (χ0n) is 14.5. The summed E-state index contributed by atoms with van der Waals surface area (Å²) in [5, 5.41) is 0. The van der Waals surface area contributed by atoms with E-state index in [0.29, 0.717) is 10.8 Å². The van der Waals surface area contributed by atoms with E-state index in [2.05, 4.69) is 23.0 Å². The minimum Gasteiger partial charge on any atom is -0.381 e. The Kier molecular flexibility index (Phi) is 7.70. The first-order valence-corrected chi connectivity index (χ1v) is 12.0. The van der Waals surface area contributed by atoms with E-state index >= 15 is 0 Å². The maximum Gasteiger partial charge on any atom is 0.490 e. The van der Waals surface area contributed by atoms with Gasteiger partial charge in [0.05, 0.1) is 12.8 Å². The summed E-state index contributed by atoms with van der Waals surface area (Å²) in [6.07, 6.45) is -3.03. The standard InChI is InChI=1S/C9H16FN4O13P3/c10-4-2-14(9(15)13-8(4)11)7-1-5(25-12)6(24-7)3-23-29(19,20)27-30(21,22)26-28(16,17)18/h2,5-7H,1,3,12H2,(H,19,20)(H,21,22)(H2,11,13,15)(H2,16,17,18)/t5-,6-,7-/m1/s1. The number of hydrogen-bond donors (Lipinski definition) is 6. The van der Waals surface area contributed by atoms with Gasteiger partial charge in [0.1, 0.15) is 18.4 Å². The van der Waals surface area contributed by atoms with E-state index in [-0.39, 0.29) is 6.42 Å². The second kappa shape index (κ2) is 9.18. The number of anilines is 1. The van der Waals surface area contributed by atoms with Gasteiger partial charge in [-0.3, -0.25) is 13.9 Å². The molecule has 17 nitrogen and oxygen atoms in total. The lowest BCUT2D eigenvalue weighted by atomic mass is 10.2. The fraction of sp³-hybridized carbons (Fsp3) is 0.556. The van der Waals surface area contributed by atoms with Crippen LogP contribution in [0.2, 0.25) is 0 Å². The second-order valence-corrected chi connectivity index (χ2v) is 10.0. The van der Waals surface area contributed by atoms with Crippen LogP contribution in [0.15, 0.2) is 11.0 Å². The minimum absolute atomic E-state index is 0.175. The molecule has 0 spiro atoms. The van der Waals surface area contributed by atoms with E-state index in [1.165, 1.54) is 0 Å². The number of nitrogens with two attached hydrogens (primary N) is 2. The highest BCUT2D eigenvalue weighted by molar-refractivity contribution is 7.66. The number of aromatic nitrogens is 2. The highest BCUT2D eigenvalue weighted by atomic mass is 31.3. The molecule has 1 aromatic rings. The van der Waals surface area contributed by atoms with Gasteiger partial charge in [-0.15, -0.1) is 0 Å². The summed E-state index contributed by atoms with van der Waals surface area (Å²) >= 11 is 0. The lowest BCUT2D eigenvalue weighted by Crippen LogP contribution is -2.31. The number of hydrogen-bond acceptors (Lipinski definition) is 12. The fourth-order valence-electron chi connectivity index (χ4n) is 2.30. The van der Waals surface area contributed by atoms with Crippen molar-refractivity contribution >= 4 is 29.3 Å². The van der Waals surface area contributed by atoms with Crippen molar-refractivity contribution in [2.75, 3.05) is 12.3 Å². The molecule has 1 aromatic heterocycles. The average Bonchev–Trinajstić information content (AvgIpc) is 2.96. The van der Waals surface area contributed by atoms with Crippen molar-refractivity contribution in [3.63, 3.8) is 0 Å². The van der Waals surface area contributed by atoms with Gasteiger partial charge < -0.3 is 30.0 Å². The monoisotopic (exact) mass is 500 g/mol. The third kappa shape index (κ3) is 6.96. The summed E-state index contributed by atoms with van der Waals surface area (Å²) in [7, 11) is -16.7. The molecule has 172 valence electrons. The molecule has 0 amide bonds. The van der Waals surface area contributed by atoms with Crippen LogP contribution in [0.5, 0.6) is 0 Å². The molecule has 1 aliphatic rings. The second-order valence-electron chi connectivity index (χ2n) is 5.59. The Morgan fingerprint density at radius 2 is 1.87 bits per heavy atom. The normalized spacial score (nSPS) is 26.3. The van der Waals surface area contributed by atoms with Crippen LogP contribution in [-0.4, -0.2) is 47.9 Å². The van der Waals surface area contributed by atoms with Gasteiger partial charge in [0.15, 0.2) is 11.6 Å². The molecule has 1 aliphatic heterocycles. The zero-order chi connectivity index (χ0) is 22.9. The maximum absolute atomic E-state index is 13.6. The predicted octanol–water partition coefficient (Wildman–Crippen LogP) is -1.15. The first-order valence-electron chi connectivity index (χ1n) is 7.46. The molecule has 1 saturated heterocycles. The van der Waals surface area contributed by atoms with Crippen LogP contribution in [0.4, 0.5) is 10.2 Å². The van der Waals surface area contributed by atoms with E-state index in [0.717, 1.165) is 0 Å². The fourth-order valence-corrected chi connectivity index (χ4v) is 5.33. The molecule has 21 heteroatoms. The molecule has 0 saturated carbocycles. The van der Waals surface area contributed by atoms with Crippen molar-refractivity contribution in [2.24, 2.45) is 5.90 Å². The summed E-state index contributed by atoms with van der Waals surface area (Å²) < 4.78 is 64.8. The van der Waals surface area contributed by atoms with Crippen LogP contribution in [0.25, 0.3) is 0 Å². The molecule has 8 N–H and O–H groups in total. The van der Waals surface area contributed by atoms with Gasteiger partial charge >= 0.3 is 29.2 Å². The molecule has 2 rings (SSSR count). The molecule has 0 aromatic carbocycles. The van der Waals surface area contributed by atoms with Crippen LogP contribution in [-0.2, 0) is 36.4 Å². The highest BCUT2D eigenvalue weighted by Gasteiger charge is 2.43. The summed E-state index contributed by atoms with van der Waals surface area (Å²) in [6.45, 7) is -0.887. The van der Waals surface area contributed by atoms with E-state index in [1.54, 1.807) is 0 Å². The molecule has 0 aliphatic carbocycles. The maximum atomic E-state index is 13.6. The molecule has 0 bridgehead atoms. The third-order valence-corrected chi connectivity index (χ3v) is 7.22. The van der Waals surface area contributed by atoms with Crippen molar-refractivity contribution in [2.45, 2.75) is 24.9 Å². The molecule has 30 heavy (non-hydrogen) atoms. The van der Waals surface area contributed by atoms with Crippen molar-refractivity contribution < 1.29 is 60.4 Å². The smallest absolute Gasteiger partial charge is 0.381 e. The van der Waals surface area contributed by atoms with Crippen molar-refractivity contribution in [3.05, 3.63) is 22.5 Å². The predicted molar refractivity (Wildman–Crippen MR) is 90.3 cm³/mol. The SMILES string of the molecule is NO[C@@H]1C[C@H](n2cc(F)c(N)nc2=O)O[C@@H]1COP(=O)(O)OP(=O)(O)OP(=O)(O)O. The van der Waals surface area contributed by atoms with Crippen LogP contribution in [0.1, 0.15) is 12.6 Å². The summed E-state index contributed by atoms with van der Waals surface area (Å²) in [4.78, 5) is 55.1. The Hall–Kier alpha value is -1.10. The summed E-state index contributed by atoms with van der Waals surface area (Å²) in [5.41, 5.74) is 4.19. The van der Waals surface area contributed by atoms with Gasteiger partial charge in [-0.05, 0) is 0 Å². The van der Waals surface area contributed by atoms with Gasteiger partial charge in [0, 0.05) is 6.42 Å². The number of phosphoric ester groups is 1. The first-order chi connectivity index (χ1) is 13.6. The van der Waals surface area contributed by atoms with Crippen molar-refractivity contribution in [3.8, 4) is 0 Å². The van der Waals surface area contributed by atoms with Gasteiger partial charge in [0.25, 0.3) is 0 Å². The number of rotatable bonds is 9. The lowest BCUT2D eigenvalue weighted by Gasteiger charge is -2.20. The number of phosphoric acid groups is 3. The molecule has 2 unspecified atom stereocenters. The van der Waals surface area contributed by atoms with Crippen LogP contribution < -0.4 is 17.3 Å². The van der Waals surface area contributed by atoms with Crippen LogP contribution in [0, 0.1) is 5.82 Å². The van der Waals surface area contributed by atoms with E-state index in [9.17, 15) is 27.8 Å². The van der Waals surface area contributed by atoms with Gasteiger partial charge in [-0.2, -0.15) is 13.6 Å². The van der Waals surface area contributed by atoms with Gasteiger partial charge in [-0.1, -0.05) is 0 Å². The molecule has 1 fully saturated rings. The molecule has 5 atom stereocenters. The quantitative estimate of drug-likeness (QED) is 0.173. The Bertz CT molecular complexity index is 983. The van der Waals surface area contributed by atoms with E-state index < -0.39 is 65.8 Å². The lowest BCUT2D eigenvalue weighted by molar-refractivity contribution is -0.0619. The molecule has 2 heterocycles. The molecule has 0 radical (unpaired) electrons. The Morgan fingerprint density at radius 3 is 2.43 bits per heavy atom. The highest BCUT2D eigenvalue weighted by Crippen LogP contribution is 2.66. The minimum atomic E-state index is -5.70. The largest absolute Gasteiger partial charge is 0.490 e. The van der Waals surface area contributed by atoms with Crippen molar-refractivity contribution in [1.29, 1.82) is 0 Å². The van der Waals surface area contributed by atoms with Crippen LogP contribution in [0.3, 0.4) is 0 Å². The Balaban J connectivity index is 2.07. The topological polar surface area (TPSA) is 265 Å². The van der Waals surface area contributed by atoms with Crippen molar-refractivity contribution in [1.82, 2.24) is 9.55 Å². The number of nitrogens with zero attached hydrogens (tertiary/aromatic N) is 2. The van der Waals surface area contributed by atoms with E-state index in [4.69, 9.17) is 31.0 Å². The molecular formula is C9H16FN4O13P3. The number of halogens is 1. The molecular weight excluding hydrogens is 484 g/mol. The van der Waals surface area contributed by atoms with Gasteiger partial charge in [-0.25, -0.2) is 28.8 Å².